The highest BCUT2D eigenvalue weighted by Gasteiger charge is 2.23. The van der Waals surface area contributed by atoms with Crippen molar-refractivity contribution in [2.45, 2.75) is 27.2 Å². The minimum atomic E-state index is -4.26. The smallest absolute Gasteiger partial charge is 0.354 e. The number of carbonyl (C=O) groups is 2. The summed E-state index contributed by atoms with van der Waals surface area (Å²) in [5.74, 6) is -1.74. The van der Waals surface area contributed by atoms with Gasteiger partial charge in [0, 0.05) is 56.9 Å². The number of pyridine rings is 1. The van der Waals surface area contributed by atoms with Gasteiger partial charge in [-0.1, -0.05) is 32.9 Å². The molecule has 15 heteroatoms. The van der Waals surface area contributed by atoms with Gasteiger partial charge in [0.15, 0.2) is 16.9 Å². The summed E-state index contributed by atoms with van der Waals surface area (Å²) < 4.78 is 35.4. The number of nitrogens with zero attached hydrogens (tertiary/aromatic N) is 4. The number of aromatic carboxylic acids is 1. The second-order valence-corrected chi connectivity index (χ2v) is 9.65. The normalized spacial score (nSPS) is 11.6. The summed E-state index contributed by atoms with van der Waals surface area (Å²) in [6.07, 6.45) is 6.90. The molecule has 208 valence electrons. The van der Waals surface area contributed by atoms with E-state index in [1.165, 1.54) is 33.6 Å². The Kier molecular flexibility index (Phi) is 15.2. The fourth-order valence-corrected chi connectivity index (χ4v) is 3.51. The third-order valence-corrected chi connectivity index (χ3v) is 6.04. The van der Waals surface area contributed by atoms with Crippen LogP contribution in [0.4, 0.5) is 0 Å². The van der Waals surface area contributed by atoms with Gasteiger partial charge in [-0.15, -0.1) is 0 Å². The molecular weight excluding hydrogens is 522 g/mol. The number of nitrogens with one attached hydrogen (secondary N) is 1. The molecule has 1 atom stereocenters. The number of amides is 1. The Morgan fingerprint density at radius 2 is 1.86 bits per heavy atom. The Balaban J connectivity index is 0.000000997. The first-order valence-corrected chi connectivity index (χ1v) is 13.9. The lowest BCUT2D eigenvalue weighted by Gasteiger charge is -2.16. The number of hydrogen-bond donors (Lipinski definition) is 4. The number of carboxylic acid groups (broad SMARTS) is 1. The van der Waals surface area contributed by atoms with Crippen molar-refractivity contribution in [2.24, 2.45) is 10.3 Å². The van der Waals surface area contributed by atoms with Gasteiger partial charge in [-0.25, -0.2) is 23.3 Å². The predicted molar refractivity (Wildman–Crippen MR) is 145 cm³/mol. The third kappa shape index (κ3) is 10.8. The van der Waals surface area contributed by atoms with Gasteiger partial charge >= 0.3 is 16.2 Å². The highest BCUT2D eigenvalue weighted by Crippen LogP contribution is 2.25. The zero-order valence-corrected chi connectivity index (χ0v) is 23.5. The Morgan fingerprint density at radius 1 is 1.24 bits per heavy atom. The van der Waals surface area contributed by atoms with Crippen molar-refractivity contribution >= 4 is 33.3 Å². The molecule has 0 fully saturated rings. The molecule has 2 aromatic heterocycles. The monoisotopic (exact) mass is 559 g/mol. The topological polar surface area (TPSA) is 194 Å². The number of rotatable bonds is 10. The standard InChI is InChI=1S/C15H19N5O5S.C5H12N2OS.C2H6/c1-17-6-8-19(2)14(21)12-4-3-10(9-18-12)11-5-7-20(26(16,24)25)13(11)15(22)23;1-3-4-5-7(2)9(6)8;1-2/h3-5,7,9,17H,6,8H2,1-2H3,(H,22,23)(H2,16,24,25);4-5H,3,6H2,1-2H3;1-2H3/b;5-4-;. The van der Waals surface area contributed by atoms with Crippen molar-refractivity contribution in [1.82, 2.24) is 23.5 Å². The maximum absolute atomic E-state index is 12.3. The molecule has 37 heavy (non-hydrogen) atoms. The van der Waals surface area contributed by atoms with E-state index in [1.807, 2.05) is 26.8 Å². The molecule has 0 saturated heterocycles. The number of carboxylic acids is 1. The minimum Gasteiger partial charge on any atom is -0.477 e. The highest BCUT2D eigenvalue weighted by molar-refractivity contribution is 7.87. The van der Waals surface area contributed by atoms with E-state index in [0.717, 1.165) is 12.6 Å². The lowest BCUT2D eigenvalue weighted by molar-refractivity contribution is 0.0689. The zero-order chi connectivity index (χ0) is 28.8. The van der Waals surface area contributed by atoms with Crippen LogP contribution < -0.4 is 15.6 Å². The lowest BCUT2D eigenvalue weighted by atomic mass is 10.1. The summed E-state index contributed by atoms with van der Waals surface area (Å²) in [4.78, 5) is 29.3. The van der Waals surface area contributed by atoms with Gasteiger partial charge in [0.1, 0.15) is 5.69 Å². The molecule has 0 radical (unpaired) electrons. The Labute approximate surface area is 221 Å². The van der Waals surface area contributed by atoms with Crippen LogP contribution in [-0.2, 0) is 21.4 Å². The van der Waals surface area contributed by atoms with E-state index < -0.39 is 33.0 Å². The Hall–Kier alpha value is -3.11. The molecule has 2 rings (SSSR count). The van der Waals surface area contributed by atoms with Gasteiger partial charge in [-0.2, -0.15) is 8.42 Å². The predicted octanol–water partition coefficient (Wildman–Crippen LogP) is 0.997. The van der Waals surface area contributed by atoms with E-state index in [4.69, 9.17) is 10.3 Å². The van der Waals surface area contributed by atoms with E-state index in [1.54, 1.807) is 27.3 Å². The summed E-state index contributed by atoms with van der Waals surface area (Å²) in [5, 5.41) is 22.3. The van der Waals surface area contributed by atoms with Crippen molar-refractivity contribution in [3.8, 4) is 11.1 Å². The second-order valence-electron chi connectivity index (χ2n) is 7.10. The molecule has 0 bridgehead atoms. The summed E-state index contributed by atoms with van der Waals surface area (Å²) in [7, 11) is 0.830. The summed E-state index contributed by atoms with van der Waals surface area (Å²) in [5.41, 5.74) is 0.162. The maximum atomic E-state index is 12.3. The summed E-state index contributed by atoms with van der Waals surface area (Å²) in [6.45, 7) is 7.13. The van der Waals surface area contributed by atoms with Crippen LogP contribution in [0.25, 0.3) is 11.1 Å². The molecule has 0 spiro atoms. The Bertz CT molecular complexity index is 1160. The van der Waals surface area contributed by atoms with Crippen molar-refractivity contribution in [3.05, 3.63) is 54.3 Å². The summed E-state index contributed by atoms with van der Waals surface area (Å²) >= 11 is -1.37. The van der Waals surface area contributed by atoms with Crippen LogP contribution in [0.1, 0.15) is 48.2 Å². The molecule has 0 aliphatic rings. The molecule has 13 nitrogen and oxygen atoms in total. The van der Waals surface area contributed by atoms with E-state index in [-0.39, 0.29) is 17.2 Å². The van der Waals surface area contributed by atoms with Gasteiger partial charge in [0.05, 0.1) is 0 Å². The zero-order valence-electron chi connectivity index (χ0n) is 21.9. The molecule has 1 amide bonds. The second kappa shape index (κ2) is 16.6. The van der Waals surface area contributed by atoms with Crippen LogP contribution >= 0.6 is 0 Å². The lowest BCUT2D eigenvalue weighted by Crippen LogP contribution is -2.33. The first kappa shape index (κ1) is 33.9. The van der Waals surface area contributed by atoms with Crippen molar-refractivity contribution in [3.63, 3.8) is 0 Å². The Morgan fingerprint density at radius 3 is 2.30 bits per heavy atom. The van der Waals surface area contributed by atoms with Gasteiger partial charge in [-0.3, -0.25) is 14.1 Å². The number of nitrogens with two attached hydrogens (primary N) is 2. The number of carbonyl (C=O) groups excluding carboxylic acids is 1. The quantitative estimate of drug-likeness (QED) is 0.331. The van der Waals surface area contributed by atoms with E-state index in [0.29, 0.717) is 22.6 Å². The number of hydrogen-bond acceptors (Lipinski definition) is 7. The molecule has 2 heterocycles. The van der Waals surface area contributed by atoms with Crippen LogP contribution in [0, 0.1) is 0 Å². The van der Waals surface area contributed by atoms with E-state index in [2.05, 4.69) is 10.3 Å². The van der Waals surface area contributed by atoms with Crippen LogP contribution in [0.3, 0.4) is 0 Å². The molecule has 1 unspecified atom stereocenters. The molecule has 0 aromatic carbocycles. The summed E-state index contributed by atoms with van der Waals surface area (Å²) in [6, 6.07) is 4.26. The van der Waals surface area contributed by atoms with Gasteiger partial charge < -0.3 is 15.3 Å². The van der Waals surface area contributed by atoms with E-state index >= 15 is 0 Å². The first-order chi connectivity index (χ1) is 17.3. The van der Waals surface area contributed by atoms with Crippen LogP contribution in [-0.4, -0.2) is 82.0 Å². The van der Waals surface area contributed by atoms with Crippen molar-refractivity contribution in [2.75, 3.05) is 34.2 Å². The molecule has 0 aliphatic carbocycles. The average Bonchev–Trinajstić information content (AvgIpc) is 3.33. The van der Waals surface area contributed by atoms with Crippen LogP contribution in [0.5, 0.6) is 0 Å². The maximum Gasteiger partial charge on any atom is 0.354 e. The van der Waals surface area contributed by atoms with Crippen molar-refractivity contribution < 1.29 is 27.3 Å². The van der Waals surface area contributed by atoms with Crippen LogP contribution in [0.15, 0.2) is 42.9 Å². The highest BCUT2D eigenvalue weighted by atomic mass is 32.2. The van der Waals surface area contributed by atoms with Crippen molar-refractivity contribution in [1.29, 1.82) is 0 Å². The SMILES string of the molecule is CC.CC/C=C\N(C)S(N)=O.CNCCN(C)C(=O)c1ccc(-c2ccn(S(N)(=O)=O)c2C(=O)O)cn1. The molecule has 0 saturated carbocycles. The van der Waals surface area contributed by atoms with Gasteiger partial charge in [0.25, 0.3) is 5.91 Å². The third-order valence-electron chi connectivity index (χ3n) is 4.50. The fourth-order valence-electron chi connectivity index (χ4n) is 2.64. The number of likely N-dealkylation sites (N-methyl/N-ethyl adjacent to an activating group) is 2. The molecule has 2 aromatic rings. The van der Waals surface area contributed by atoms with E-state index in [9.17, 15) is 27.3 Å². The van der Waals surface area contributed by atoms with Gasteiger partial charge in [-0.05, 0) is 25.6 Å². The average molecular weight is 560 g/mol. The molecule has 6 N–H and O–H groups in total. The fraction of sp³-hybridized carbons (Fsp3) is 0.409. The largest absolute Gasteiger partial charge is 0.477 e. The number of allylic oxidation sites excluding steroid dienone is 1. The molecular formula is C22H37N7O6S2. The van der Waals surface area contributed by atoms with Gasteiger partial charge in [0.2, 0.25) is 0 Å². The van der Waals surface area contributed by atoms with Crippen LogP contribution in [0.2, 0.25) is 0 Å². The molecule has 0 aliphatic heterocycles. The first-order valence-electron chi connectivity index (χ1n) is 11.2. The minimum absolute atomic E-state index is 0.126. The number of aromatic nitrogens is 2.